The van der Waals surface area contributed by atoms with Gasteiger partial charge in [-0.05, 0) is 25.3 Å². The summed E-state index contributed by atoms with van der Waals surface area (Å²) in [7, 11) is 0. The van der Waals surface area contributed by atoms with Crippen LogP contribution in [0.1, 0.15) is 36.7 Å². The van der Waals surface area contributed by atoms with Gasteiger partial charge in [-0.1, -0.05) is 30.3 Å². The third-order valence-electron chi connectivity index (χ3n) is 6.59. The van der Waals surface area contributed by atoms with Gasteiger partial charge in [-0.3, -0.25) is 19.2 Å². The third kappa shape index (κ3) is 3.99. The quantitative estimate of drug-likeness (QED) is 0.792. The van der Waals surface area contributed by atoms with E-state index in [1.54, 1.807) is 0 Å². The lowest BCUT2D eigenvalue weighted by Crippen LogP contribution is -2.41. The van der Waals surface area contributed by atoms with Crippen molar-refractivity contribution in [2.45, 2.75) is 39.9 Å². The molecule has 0 unspecified atom stereocenters. The Bertz CT molecular complexity index is 910. The molecule has 2 amide bonds. The Morgan fingerprint density at radius 2 is 1.93 bits per heavy atom. The molecule has 1 N–H and O–H groups in total. The molecular weight excluding hydrogens is 378 g/mol. The first-order chi connectivity index (χ1) is 14.5. The number of amides is 2. The normalized spacial score (nSPS) is 23.6. The van der Waals surface area contributed by atoms with Gasteiger partial charge in [0.1, 0.15) is 0 Å². The van der Waals surface area contributed by atoms with Crippen molar-refractivity contribution in [1.29, 1.82) is 0 Å². The number of fused-ring (bicyclic) bond motifs is 1. The van der Waals surface area contributed by atoms with Crippen LogP contribution in [0, 0.1) is 18.8 Å². The molecule has 2 aromatic rings. The van der Waals surface area contributed by atoms with Crippen LogP contribution in [0.5, 0.6) is 0 Å². The van der Waals surface area contributed by atoms with Crippen molar-refractivity contribution in [3.8, 4) is 0 Å². The van der Waals surface area contributed by atoms with Crippen molar-refractivity contribution in [3.63, 3.8) is 0 Å². The molecule has 2 fully saturated rings. The second-order valence-electron chi connectivity index (χ2n) is 8.50. The monoisotopic (exact) mass is 409 g/mol. The SMILES string of the molecule is CCn1ncc(CN2C[C@H]3CN(C(=O)CNC(C)=O)[C@H](c4ccccc4)[C@H]3C2)c1C. The summed E-state index contributed by atoms with van der Waals surface area (Å²) in [5, 5.41) is 7.15. The lowest BCUT2D eigenvalue weighted by Gasteiger charge is -2.30. The minimum absolute atomic E-state index is 0.0000645. The van der Waals surface area contributed by atoms with Gasteiger partial charge in [-0.25, -0.2) is 0 Å². The highest BCUT2D eigenvalue weighted by Crippen LogP contribution is 2.45. The van der Waals surface area contributed by atoms with E-state index in [4.69, 9.17) is 0 Å². The van der Waals surface area contributed by atoms with E-state index in [9.17, 15) is 9.59 Å². The highest BCUT2D eigenvalue weighted by atomic mass is 16.2. The molecule has 1 aromatic carbocycles. The molecule has 7 nitrogen and oxygen atoms in total. The van der Waals surface area contributed by atoms with Crippen LogP contribution in [0.3, 0.4) is 0 Å². The van der Waals surface area contributed by atoms with Gasteiger partial charge in [0.15, 0.2) is 0 Å². The number of carbonyl (C=O) groups is 2. The number of aryl methyl sites for hydroxylation is 1. The molecule has 3 atom stereocenters. The van der Waals surface area contributed by atoms with Gasteiger partial charge in [-0.15, -0.1) is 0 Å². The zero-order chi connectivity index (χ0) is 21.3. The van der Waals surface area contributed by atoms with Crippen LogP contribution in [-0.2, 0) is 22.7 Å². The maximum Gasteiger partial charge on any atom is 0.242 e. The zero-order valence-electron chi connectivity index (χ0n) is 18.0. The number of hydrogen-bond donors (Lipinski definition) is 1. The molecule has 0 radical (unpaired) electrons. The van der Waals surface area contributed by atoms with E-state index in [1.807, 2.05) is 34.0 Å². The summed E-state index contributed by atoms with van der Waals surface area (Å²) in [6.45, 7) is 10.2. The molecule has 3 heterocycles. The smallest absolute Gasteiger partial charge is 0.242 e. The third-order valence-corrected chi connectivity index (χ3v) is 6.59. The van der Waals surface area contributed by atoms with Crippen molar-refractivity contribution in [1.82, 2.24) is 24.9 Å². The van der Waals surface area contributed by atoms with E-state index in [0.29, 0.717) is 11.8 Å². The van der Waals surface area contributed by atoms with E-state index in [-0.39, 0.29) is 24.4 Å². The number of rotatable bonds is 6. The first-order valence-electron chi connectivity index (χ1n) is 10.8. The Morgan fingerprint density at radius 3 is 2.60 bits per heavy atom. The van der Waals surface area contributed by atoms with Crippen LogP contribution >= 0.6 is 0 Å². The van der Waals surface area contributed by atoms with E-state index in [0.717, 1.165) is 32.7 Å². The topological polar surface area (TPSA) is 70.5 Å². The molecule has 0 bridgehead atoms. The standard InChI is InChI=1S/C23H31N5O2/c1-4-28-16(2)19(10-25-28)12-26-13-20-14-27(22(30)11-24-17(3)29)23(21(20)15-26)18-8-6-5-7-9-18/h5-10,20-21,23H,4,11-15H2,1-3H3,(H,24,29)/t20-,21-,23+/m0/s1. The Morgan fingerprint density at radius 1 is 1.17 bits per heavy atom. The summed E-state index contributed by atoms with van der Waals surface area (Å²) in [6.07, 6.45) is 1.99. The van der Waals surface area contributed by atoms with Crippen molar-refractivity contribution in [2.24, 2.45) is 11.8 Å². The number of likely N-dealkylation sites (tertiary alicyclic amines) is 2. The highest BCUT2D eigenvalue weighted by Gasteiger charge is 2.48. The fourth-order valence-corrected chi connectivity index (χ4v) is 5.10. The average molecular weight is 410 g/mol. The van der Waals surface area contributed by atoms with Gasteiger partial charge < -0.3 is 10.2 Å². The second kappa shape index (κ2) is 8.60. The minimum Gasteiger partial charge on any atom is -0.347 e. The van der Waals surface area contributed by atoms with Gasteiger partial charge in [0, 0.05) is 56.8 Å². The Balaban J connectivity index is 1.51. The molecule has 2 aliphatic rings. The van der Waals surface area contributed by atoms with Gasteiger partial charge in [0.25, 0.3) is 0 Å². The van der Waals surface area contributed by atoms with E-state index in [1.165, 1.54) is 23.7 Å². The first kappa shape index (κ1) is 20.6. The summed E-state index contributed by atoms with van der Waals surface area (Å²) in [4.78, 5) is 28.7. The largest absolute Gasteiger partial charge is 0.347 e. The molecule has 30 heavy (non-hydrogen) atoms. The summed E-state index contributed by atoms with van der Waals surface area (Å²) in [5.41, 5.74) is 3.70. The molecule has 1 aromatic heterocycles. The highest BCUT2D eigenvalue weighted by molar-refractivity contribution is 5.84. The maximum absolute atomic E-state index is 12.9. The number of nitrogens with one attached hydrogen (secondary N) is 1. The second-order valence-corrected chi connectivity index (χ2v) is 8.50. The maximum atomic E-state index is 12.9. The summed E-state index contributed by atoms with van der Waals surface area (Å²) < 4.78 is 2.04. The van der Waals surface area contributed by atoms with E-state index in [2.05, 4.69) is 41.3 Å². The van der Waals surface area contributed by atoms with E-state index < -0.39 is 0 Å². The summed E-state index contributed by atoms with van der Waals surface area (Å²) in [5.74, 6) is 0.668. The number of benzene rings is 1. The molecule has 0 aliphatic carbocycles. The van der Waals surface area contributed by atoms with Gasteiger partial charge in [0.2, 0.25) is 11.8 Å². The molecular formula is C23H31N5O2. The molecule has 2 saturated heterocycles. The predicted molar refractivity (Wildman–Crippen MR) is 114 cm³/mol. The molecule has 4 rings (SSSR count). The predicted octanol–water partition coefficient (Wildman–Crippen LogP) is 1.98. The Labute approximate surface area is 178 Å². The van der Waals surface area contributed by atoms with Gasteiger partial charge in [-0.2, -0.15) is 5.10 Å². The summed E-state index contributed by atoms with van der Waals surface area (Å²) in [6, 6.07) is 10.4. The van der Waals surface area contributed by atoms with Gasteiger partial charge >= 0.3 is 0 Å². The molecule has 7 heteroatoms. The van der Waals surface area contributed by atoms with E-state index >= 15 is 0 Å². The first-order valence-corrected chi connectivity index (χ1v) is 10.8. The number of hydrogen-bond acceptors (Lipinski definition) is 4. The lowest BCUT2D eigenvalue weighted by atomic mass is 9.89. The number of nitrogens with zero attached hydrogens (tertiary/aromatic N) is 4. The van der Waals surface area contributed by atoms with Crippen molar-refractivity contribution in [2.75, 3.05) is 26.2 Å². The molecule has 0 spiro atoms. The van der Waals surface area contributed by atoms with Crippen LogP contribution in [0.15, 0.2) is 36.5 Å². The average Bonchev–Trinajstić information content (AvgIpc) is 3.39. The Hall–Kier alpha value is -2.67. The molecule has 160 valence electrons. The van der Waals surface area contributed by atoms with Crippen molar-refractivity contribution >= 4 is 11.8 Å². The van der Waals surface area contributed by atoms with Crippen LogP contribution in [0.2, 0.25) is 0 Å². The van der Waals surface area contributed by atoms with Crippen LogP contribution in [-0.4, -0.2) is 57.6 Å². The van der Waals surface area contributed by atoms with Crippen LogP contribution < -0.4 is 5.32 Å². The lowest BCUT2D eigenvalue weighted by molar-refractivity contribution is -0.133. The molecule has 2 aliphatic heterocycles. The molecule has 0 saturated carbocycles. The number of carbonyl (C=O) groups excluding carboxylic acids is 2. The fourth-order valence-electron chi connectivity index (χ4n) is 5.10. The zero-order valence-corrected chi connectivity index (χ0v) is 18.0. The number of aromatic nitrogens is 2. The summed E-state index contributed by atoms with van der Waals surface area (Å²) >= 11 is 0. The van der Waals surface area contributed by atoms with Crippen molar-refractivity contribution < 1.29 is 9.59 Å². The van der Waals surface area contributed by atoms with Crippen LogP contribution in [0.25, 0.3) is 0 Å². The van der Waals surface area contributed by atoms with Gasteiger partial charge in [0.05, 0.1) is 18.8 Å². The Kier molecular flexibility index (Phi) is 5.90. The minimum atomic E-state index is -0.173. The van der Waals surface area contributed by atoms with Crippen molar-refractivity contribution in [3.05, 3.63) is 53.3 Å². The fraction of sp³-hybridized carbons (Fsp3) is 0.522. The van der Waals surface area contributed by atoms with Crippen LogP contribution in [0.4, 0.5) is 0 Å².